The molecule has 3 heterocycles. The maximum atomic E-state index is 5.52. The fourth-order valence-corrected chi connectivity index (χ4v) is 2.68. The first-order valence-electron chi connectivity index (χ1n) is 7.79. The summed E-state index contributed by atoms with van der Waals surface area (Å²) < 4.78 is 7.61. The zero-order valence-corrected chi connectivity index (χ0v) is 13.9. The summed E-state index contributed by atoms with van der Waals surface area (Å²) >= 11 is 0. The van der Waals surface area contributed by atoms with E-state index in [2.05, 4.69) is 35.3 Å². The predicted octanol–water partition coefficient (Wildman–Crippen LogP) is 1.25. The smallest absolute Gasteiger partial charge is 0.203 e. The molecule has 0 radical (unpaired) electrons. The minimum atomic E-state index is -0.191. The fraction of sp³-hybridized carbons (Fsp3) is 0.643. The molecule has 2 aromatic heterocycles. The monoisotopic (exact) mass is 318 g/mol. The van der Waals surface area contributed by atoms with E-state index in [1.54, 1.807) is 11.9 Å². The number of aliphatic imine (C=N–C) groups is 1. The van der Waals surface area contributed by atoms with E-state index in [1.807, 2.05) is 27.1 Å². The molecule has 0 saturated heterocycles. The van der Waals surface area contributed by atoms with Crippen LogP contribution in [0.5, 0.6) is 0 Å². The molecule has 2 atom stereocenters. The van der Waals surface area contributed by atoms with Gasteiger partial charge in [0.1, 0.15) is 23.8 Å². The molecule has 0 saturated carbocycles. The van der Waals surface area contributed by atoms with Crippen molar-refractivity contribution >= 4 is 11.5 Å². The maximum absolute atomic E-state index is 5.52. The van der Waals surface area contributed by atoms with Crippen LogP contribution >= 0.6 is 0 Å². The molecule has 0 spiro atoms. The third-order valence-corrected chi connectivity index (χ3v) is 3.87. The van der Waals surface area contributed by atoms with Crippen LogP contribution in [0.25, 0.3) is 0 Å². The number of tetrazole rings is 1. The van der Waals surface area contributed by atoms with E-state index in [4.69, 9.17) is 4.74 Å². The number of methoxy groups -OCH3 is 1. The number of hydrogen-bond acceptors (Lipinski definition) is 7. The Morgan fingerprint density at radius 2 is 2.26 bits per heavy atom. The number of anilines is 1. The first-order chi connectivity index (χ1) is 11.1. The van der Waals surface area contributed by atoms with Gasteiger partial charge in [0, 0.05) is 13.7 Å². The lowest BCUT2D eigenvalue weighted by atomic mass is 10.2. The van der Waals surface area contributed by atoms with E-state index >= 15 is 0 Å². The molecule has 0 aliphatic carbocycles. The van der Waals surface area contributed by atoms with Crippen molar-refractivity contribution in [2.45, 2.75) is 52.6 Å². The summed E-state index contributed by atoms with van der Waals surface area (Å²) in [4.78, 5) is 10.5. The van der Waals surface area contributed by atoms with E-state index < -0.39 is 0 Å². The summed E-state index contributed by atoms with van der Waals surface area (Å²) in [7, 11) is 1.66. The molecule has 0 amide bonds. The molecule has 9 nitrogen and oxygen atoms in total. The molecule has 0 aromatic carbocycles. The van der Waals surface area contributed by atoms with Crippen molar-refractivity contribution in [3.8, 4) is 0 Å². The minimum absolute atomic E-state index is 0.0577. The third-order valence-electron chi connectivity index (χ3n) is 3.87. The van der Waals surface area contributed by atoms with Crippen LogP contribution in [0.15, 0.2) is 11.3 Å². The van der Waals surface area contributed by atoms with Gasteiger partial charge in [-0.05, 0) is 32.4 Å². The Balaban J connectivity index is 1.72. The molecule has 124 valence electrons. The van der Waals surface area contributed by atoms with Gasteiger partial charge in [0.05, 0.1) is 18.6 Å². The molecule has 3 rings (SSSR count). The molecule has 2 unspecified atom stereocenters. The van der Waals surface area contributed by atoms with Crippen LogP contribution in [0, 0.1) is 0 Å². The van der Waals surface area contributed by atoms with Crippen LogP contribution in [0.2, 0.25) is 0 Å². The molecule has 2 aromatic rings. The van der Waals surface area contributed by atoms with Gasteiger partial charge in [0.15, 0.2) is 0 Å². The van der Waals surface area contributed by atoms with E-state index in [0.29, 0.717) is 12.4 Å². The fourth-order valence-electron chi connectivity index (χ4n) is 2.68. The highest BCUT2D eigenvalue weighted by molar-refractivity contribution is 6.02. The molecule has 0 bridgehead atoms. The van der Waals surface area contributed by atoms with Crippen LogP contribution in [0.1, 0.15) is 44.8 Å². The van der Waals surface area contributed by atoms with Crippen molar-refractivity contribution in [2.75, 3.05) is 12.4 Å². The van der Waals surface area contributed by atoms with Crippen LogP contribution in [-0.2, 0) is 17.8 Å². The minimum Gasteiger partial charge on any atom is -0.373 e. The Hall–Kier alpha value is -2.29. The Morgan fingerprint density at radius 1 is 1.43 bits per heavy atom. The number of rotatable bonds is 6. The number of aryl methyl sites for hydroxylation is 2. The normalized spacial score (nSPS) is 18.3. The summed E-state index contributed by atoms with van der Waals surface area (Å²) in [6, 6.07) is 0. The van der Waals surface area contributed by atoms with Gasteiger partial charge in [-0.3, -0.25) is 4.99 Å². The van der Waals surface area contributed by atoms with Gasteiger partial charge in [0.25, 0.3) is 0 Å². The zero-order valence-electron chi connectivity index (χ0n) is 13.9. The number of nitrogens with zero attached hydrogens (tertiary/aromatic N) is 7. The molecule has 1 N–H and O–H groups in total. The molecule has 1 aliphatic heterocycles. The second kappa shape index (κ2) is 6.45. The molecule has 0 fully saturated rings. The quantitative estimate of drug-likeness (QED) is 0.861. The van der Waals surface area contributed by atoms with Gasteiger partial charge in [-0.2, -0.15) is 4.80 Å². The highest BCUT2D eigenvalue weighted by Gasteiger charge is 2.22. The Labute approximate surface area is 134 Å². The molecule has 9 heteroatoms. The number of imidazole rings is 1. The first-order valence-corrected chi connectivity index (χ1v) is 7.79. The number of aromatic nitrogens is 6. The van der Waals surface area contributed by atoms with Crippen molar-refractivity contribution in [1.29, 1.82) is 0 Å². The molecular weight excluding hydrogens is 296 g/mol. The molecule has 1 aliphatic rings. The Kier molecular flexibility index (Phi) is 4.37. The van der Waals surface area contributed by atoms with Crippen molar-refractivity contribution in [3.63, 3.8) is 0 Å². The summed E-state index contributed by atoms with van der Waals surface area (Å²) in [5.74, 6) is 1.62. The van der Waals surface area contributed by atoms with Gasteiger partial charge in [-0.1, -0.05) is 0 Å². The average Bonchev–Trinajstić information content (AvgIpc) is 3.15. The largest absolute Gasteiger partial charge is 0.373 e. The second-order valence-corrected chi connectivity index (χ2v) is 5.52. The predicted molar refractivity (Wildman–Crippen MR) is 85.4 cm³/mol. The van der Waals surface area contributed by atoms with Gasteiger partial charge >= 0.3 is 0 Å². The van der Waals surface area contributed by atoms with Crippen molar-refractivity contribution in [1.82, 2.24) is 29.8 Å². The number of ether oxygens (including phenoxy) is 1. The Bertz CT molecular complexity index is 703. The summed E-state index contributed by atoms with van der Waals surface area (Å²) in [6.45, 7) is 7.42. The second-order valence-electron chi connectivity index (χ2n) is 5.52. The number of fused-ring (bicyclic) bond motifs is 1. The summed E-state index contributed by atoms with van der Waals surface area (Å²) in [5.41, 5.74) is 1.87. The molecule has 23 heavy (non-hydrogen) atoms. The topological polar surface area (TPSA) is 95.0 Å². The SMILES string of the molecule is CCn1nnc(C(CCn2cnc3c2NC(C)N=C3C)OC)n1. The van der Waals surface area contributed by atoms with Crippen LogP contribution in [0.3, 0.4) is 0 Å². The standard InChI is InChI=1S/C14H22N8O/c1-5-22-19-13(18-20-22)11(23-4)6-7-21-8-15-12-9(2)16-10(3)17-14(12)21/h8,10-11,17H,5-7H2,1-4H3. The number of hydrogen-bond donors (Lipinski definition) is 1. The van der Waals surface area contributed by atoms with Crippen molar-refractivity contribution in [3.05, 3.63) is 17.8 Å². The van der Waals surface area contributed by atoms with Gasteiger partial charge in [0.2, 0.25) is 5.82 Å². The lowest BCUT2D eigenvalue weighted by Gasteiger charge is -2.20. The van der Waals surface area contributed by atoms with E-state index in [9.17, 15) is 0 Å². The first kappa shape index (κ1) is 15.6. The lowest BCUT2D eigenvalue weighted by Crippen LogP contribution is -2.23. The molecular formula is C14H22N8O. The lowest BCUT2D eigenvalue weighted by molar-refractivity contribution is 0.0841. The Morgan fingerprint density at radius 3 is 2.96 bits per heavy atom. The van der Waals surface area contributed by atoms with Crippen LogP contribution in [0.4, 0.5) is 5.82 Å². The third kappa shape index (κ3) is 3.09. The maximum Gasteiger partial charge on any atom is 0.203 e. The summed E-state index contributed by atoms with van der Waals surface area (Å²) in [6.07, 6.45) is 2.44. The van der Waals surface area contributed by atoms with Crippen molar-refractivity contribution < 1.29 is 4.74 Å². The van der Waals surface area contributed by atoms with Gasteiger partial charge in [-0.15, -0.1) is 10.2 Å². The van der Waals surface area contributed by atoms with Crippen molar-refractivity contribution in [2.24, 2.45) is 4.99 Å². The van der Waals surface area contributed by atoms with E-state index in [-0.39, 0.29) is 12.3 Å². The average molecular weight is 318 g/mol. The highest BCUT2D eigenvalue weighted by atomic mass is 16.5. The highest BCUT2D eigenvalue weighted by Crippen LogP contribution is 2.24. The number of nitrogens with one attached hydrogen (secondary N) is 1. The van der Waals surface area contributed by atoms with Crippen LogP contribution < -0.4 is 5.32 Å². The van der Waals surface area contributed by atoms with E-state index in [1.165, 1.54) is 0 Å². The van der Waals surface area contributed by atoms with Crippen LogP contribution in [-0.4, -0.2) is 48.7 Å². The zero-order chi connectivity index (χ0) is 16.4. The summed E-state index contributed by atoms with van der Waals surface area (Å²) in [5, 5.41) is 15.7. The van der Waals surface area contributed by atoms with Gasteiger partial charge in [-0.25, -0.2) is 4.98 Å². The van der Waals surface area contributed by atoms with E-state index in [0.717, 1.165) is 30.2 Å². The van der Waals surface area contributed by atoms with Gasteiger partial charge < -0.3 is 14.6 Å².